The molecule has 0 aliphatic heterocycles. The molecule has 0 N–H and O–H groups in total. The van der Waals surface area contributed by atoms with Crippen molar-refractivity contribution in [2.45, 2.75) is 38.5 Å². The Morgan fingerprint density at radius 1 is 1.20 bits per heavy atom. The van der Waals surface area contributed by atoms with E-state index >= 15 is 0 Å². The molecule has 0 unspecified atom stereocenters. The zero-order valence-corrected chi connectivity index (χ0v) is 13.5. The van der Waals surface area contributed by atoms with Crippen molar-refractivity contribution >= 4 is 11.0 Å². The van der Waals surface area contributed by atoms with Crippen LogP contribution in [0.4, 0.5) is 13.2 Å². The maximum Gasteiger partial charge on any atom is 0.416 e. The summed E-state index contributed by atoms with van der Waals surface area (Å²) in [4.78, 5) is 8.42. The first-order valence-electron chi connectivity index (χ1n) is 8.11. The molecule has 0 atom stereocenters. The van der Waals surface area contributed by atoms with Crippen LogP contribution < -0.4 is 4.74 Å². The van der Waals surface area contributed by atoms with E-state index in [4.69, 9.17) is 4.74 Å². The summed E-state index contributed by atoms with van der Waals surface area (Å²) in [6.07, 6.45) is 2.23. The highest BCUT2D eigenvalue weighted by Crippen LogP contribution is 2.34. The quantitative estimate of drug-likeness (QED) is 0.691. The number of pyridine rings is 1. The smallest absolute Gasteiger partial charge is 0.416 e. The molecule has 1 aromatic carbocycles. The van der Waals surface area contributed by atoms with Crippen LogP contribution in [-0.4, -0.2) is 20.6 Å². The summed E-state index contributed by atoms with van der Waals surface area (Å²) in [5.74, 6) is 1.22. The van der Waals surface area contributed by atoms with Crippen LogP contribution in [0, 0.1) is 6.92 Å². The lowest BCUT2D eigenvalue weighted by atomic mass is 9.96. The molecule has 2 heterocycles. The summed E-state index contributed by atoms with van der Waals surface area (Å²) >= 11 is 0. The lowest BCUT2D eigenvalue weighted by Crippen LogP contribution is -2.25. The maximum absolute atomic E-state index is 12.9. The lowest BCUT2D eigenvalue weighted by molar-refractivity contribution is -0.137. The Hall–Kier alpha value is -2.57. The molecule has 4 nitrogen and oxygen atoms in total. The number of aromatic nitrogens is 3. The van der Waals surface area contributed by atoms with E-state index < -0.39 is 11.7 Å². The predicted molar refractivity (Wildman–Crippen MR) is 86.9 cm³/mol. The SMILES string of the molecule is Cc1nc2cc(C(F)(F)F)ccc2n1-c1ccncc1OC1CCC1. The molecule has 0 bridgehead atoms. The monoisotopic (exact) mass is 347 g/mol. The average molecular weight is 347 g/mol. The fourth-order valence-corrected chi connectivity index (χ4v) is 3.00. The molecule has 1 aliphatic carbocycles. The number of nitrogens with zero attached hydrogens (tertiary/aromatic N) is 3. The van der Waals surface area contributed by atoms with Crippen LogP contribution in [0.1, 0.15) is 30.7 Å². The van der Waals surface area contributed by atoms with Gasteiger partial charge in [-0.15, -0.1) is 0 Å². The Balaban J connectivity index is 1.83. The van der Waals surface area contributed by atoms with Crippen LogP contribution in [0.3, 0.4) is 0 Å². The maximum atomic E-state index is 12.9. The molecular weight excluding hydrogens is 331 g/mol. The van der Waals surface area contributed by atoms with Crippen LogP contribution in [-0.2, 0) is 6.18 Å². The first kappa shape index (κ1) is 15.9. The van der Waals surface area contributed by atoms with Gasteiger partial charge in [0.15, 0.2) is 5.75 Å². The van der Waals surface area contributed by atoms with E-state index in [1.807, 2.05) is 4.57 Å². The number of fused-ring (bicyclic) bond motifs is 1. The summed E-state index contributed by atoms with van der Waals surface area (Å²) in [5, 5.41) is 0. The third-order valence-electron chi connectivity index (χ3n) is 4.50. The van der Waals surface area contributed by atoms with Gasteiger partial charge >= 0.3 is 6.18 Å². The van der Waals surface area contributed by atoms with E-state index in [0.717, 1.165) is 37.1 Å². The Morgan fingerprint density at radius 3 is 2.68 bits per heavy atom. The van der Waals surface area contributed by atoms with Crippen LogP contribution >= 0.6 is 0 Å². The topological polar surface area (TPSA) is 39.9 Å². The molecule has 1 aliphatic rings. The number of benzene rings is 1. The van der Waals surface area contributed by atoms with Gasteiger partial charge in [-0.2, -0.15) is 13.2 Å². The second kappa shape index (κ2) is 5.75. The van der Waals surface area contributed by atoms with Crippen molar-refractivity contribution in [1.29, 1.82) is 0 Å². The number of alkyl halides is 3. The molecule has 0 amide bonds. The van der Waals surface area contributed by atoms with Gasteiger partial charge in [0, 0.05) is 6.20 Å². The van der Waals surface area contributed by atoms with Crippen LogP contribution in [0.2, 0.25) is 0 Å². The van der Waals surface area contributed by atoms with Gasteiger partial charge < -0.3 is 4.74 Å². The zero-order chi connectivity index (χ0) is 17.6. The molecule has 130 valence electrons. The molecule has 1 saturated carbocycles. The number of hydrogen-bond donors (Lipinski definition) is 0. The van der Waals surface area contributed by atoms with Crippen molar-refractivity contribution in [2.75, 3.05) is 0 Å². The van der Waals surface area contributed by atoms with Gasteiger partial charge in [0.1, 0.15) is 5.82 Å². The Labute approximate surface area is 142 Å². The Bertz CT molecular complexity index is 929. The number of hydrogen-bond acceptors (Lipinski definition) is 3. The number of aryl methyl sites for hydroxylation is 1. The van der Waals surface area contributed by atoms with Crippen molar-refractivity contribution in [3.05, 3.63) is 48.0 Å². The summed E-state index contributed by atoms with van der Waals surface area (Å²) in [5.41, 5.74) is 0.945. The fourth-order valence-electron chi connectivity index (χ4n) is 3.00. The lowest BCUT2D eigenvalue weighted by Gasteiger charge is -2.27. The van der Waals surface area contributed by atoms with E-state index in [0.29, 0.717) is 22.6 Å². The molecule has 0 saturated heterocycles. The second-order valence-electron chi connectivity index (χ2n) is 6.21. The molecule has 0 radical (unpaired) electrons. The molecule has 0 spiro atoms. The van der Waals surface area contributed by atoms with Gasteiger partial charge in [-0.05, 0) is 50.5 Å². The number of imidazole rings is 1. The first-order valence-corrected chi connectivity index (χ1v) is 8.11. The highest BCUT2D eigenvalue weighted by atomic mass is 19.4. The van der Waals surface area contributed by atoms with E-state index in [-0.39, 0.29) is 6.10 Å². The number of halogens is 3. The van der Waals surface area contributed by atoms with Gasteiger partial charge in [0.05, 0.1) is 34.6 Å². The summed E-state index contributed by atoms with van der Waals surface area (Å²) in [7, 11) is 0. The molecule has 1 fully saturated rings. The molecule has 2 aromatic heterocycles. The molecule has 7 heteroatoms. The molecule has 4 rings (SSSR count). The molecule has 25 heavy (non-hydrogen) atoms. The molecular formula is C18H16F3N3O. The predicted octanol–water partition coefficient (Wildman–Crippen LogP) is 4.68. The first-order chi connectivity index (χ1) is 11.9. The second-order valence-corrected chi connectivity index (χ2v) is 6.21. The third-order valence-corrected chi connectivity index (χ3v) is 4.50. The van der Waals surface area contributed by atoms with E-state index in [1.54, 1.807) is 25.4 Å². The van der Waals surface area contributed by atoms with E-state index in [9.17, 15) is 13.2 Å². The average Bonchev–Trinajstić information content (AvgIpc) is 2.85. The fraction of sp³-hybridized carbons (Fsp3) is 0.333. The number of ether oxygens (including phenoxy) is 1. The largest absolute Gasteiger partial charge is 0.487 e. The van der Waals surface area contributed by atoms with Crippen LogP contribution in [0.15, 0.2) is 36.7 Å². The standard InChI is InChI=1S/C18H16F3N3O/c1-11-23-14-9-12(18(19,20)21)5-6-15(14)24(11)16-7-8-22-10-17(16)25-13-3-2-4-13/h5-10,13H,2-4H2,1H3. The van der Waals surface area contributed by atoms with E-state index in [1.165, 1.54) is 6.07 Å². The summed E-state index contributed by atoms with van der Waals surface area (Å²) in [6.45, 7) is 1.76. The van der Waals surface area contributed by atoms with Crippen molar-refractivity contribution in [1.82, 2.24) is 14.5 Å². The van der Waals surface area contributed by atoms with Crippen LogP contribution in [0.5, 0.6) is 5.75 Å². The highest BCUT2D eigenvalue weighted by Gasteiger charge is 2.31. The van der Waals surface area contributed by atoms with Crippen LogP contribution in [0.25, 0.3) is 16.7 Å². The Kier molecular flexibility index (Phi) is 3.67. The van der Waals surface area contributed by atoms with Gasteiger partial charge in [-0.1, -0.05) is 0 Å². The minimum Gasteiger partial charge on any atom is -0.487 e. The van der Waals surface area contributed by atoms with Gasteiger partial charge in [0.2, 0.25) is 0 Å². The van der Waals surface area contributed by atoms with Crippen molar-refractivity contribution in [2.24, 2.45) is 0 Å². The highest BCUT2D eigenvalue weighted by molar-refractivity contribution is 5.80. The van der Waals surface area contributed by atoms with Crippen molar-refractivity contribution in [3.8, 4) is 11.4 Å². The van der Waals surface area contributed by atoms with Gasteiger partial charge in [-0.25, -0.2) is 4.98 Å². The van der Waals surface area contributed by atoms with Gasteiger partial charge in [0.25, 0.3) is 0 Å². The molecule has 3 aromatic rings. The van der Waals surface area contributed by atoms with Crippen molar-refractivity contribution < 1.29 is 17.9 Å². The van der Waals surface area contributed by atoms with E-state index in [2.05, 4.69) is 9.97 Å². The Morgan fingerprint density at radius 2 is 2.00 bits per heavy atom. The minimum absolute atomic E-state index is 0.176. The summed E-state index contributed by atoms with van der Waals surface area (Å²) < 4.78 is 46.6. The normalized spacial score (nSPS) is 15.4. The van der Waals surface area contributed by atoms with Crippen molar-refractivity contribution in [3.63, 3.8) is 0 Å². The summed E-state index contributed by atoms with van der Waals surface area (Å²) in [6, 6.07) is 5.39. The zero-order valence-electron chi connectivity index (χ0n) is 13.5. The third kappa shape index (κ3) is 2.83. The number of rotatable bonds is 3. The minimum atomic E-state index is -4.39. The van der Waals surface area contributed by atoms with Gasteiger partial charge in [-0.3, -0.25) is 9.55 Å².